The first kappa shape index (κ1) is 22.7. The Morgan fingerprint density at radius 1 is 1.13 bits per heavy atom. The normalized spacial score (nSPS) is 11.0. The maximum atomic E-state index is 12.4. The van der Waals surface area contributed by atoms with Crippen LogP contribution in [0.3, 0.4) is 0 Å². The Labute approximate surface area is 185 Å². The Morgan fingerprint density at radius 3 is 2.42 bits per heavy atom. The first-order chi connectivity index (χ1) is 14.9. The third-order valence-electron chi connectivity index (χ3n) is 5.16. The lowest BCUT2D eigenvalue weighted by Gasteiger charge is -2.14. The van der Waals surface area contributed by atoms with E-state index < -0.39 is 5.97 Å². The second kappa shape index (κ2) is 9.91. The van der Waals surface area contributed by atoms with E-state index in [1.165, 1.54) is 11.8 Å². The first-order valence-electron chi connectivity index (χ1n) is 10.2. The summed E-state index contributed by atoms with van der Waals surface area (Å²) in [6, 6.07) is 5.96. The summed E-state index contributed by atoms with van der Waals surface area (Å²) in [4.78, 5) is 33.6. The number of carbonyl (C=O) groups excluding carboxylic acids is 2. The lowest BCUT2D eigenvalue weighted by atomic mass is 10.0. The number of esters is 1. The molecular weight excluding hydrogens is 414 g/mol. The van der Waals surface area contributed by atoms with Crippen LogP contribution in [0, 0.1) is 13.8 Å². The SMILES string of the molecule is CCc1cccc(CC)c1NC(=O)COC(=O)Cc1c(C)nc2nc(SC)nn2c1C. The number of hydrogen-bond donors (Lipinski definition) is 1. The quantitative estimate of drug-likeness (QED) is 0.423. The molecule has 0 radical (unpaired) electrons. The van der Waals surface area contributed by atoms with E-state index in [0.29, 0.717) is 16.6 Å². The van der Waals surface area contributed by atoms with Crippen molar-refractivity contribution in [1.29, 1.82) is 0 Å². The van der Waals surface area contributed by atoms with Crippen molar-refractivity contribution in [3.05, 3.63) is 46.3 Å². The van der Waals surface area contributed by atoms with Gasteiger partial charge < -0.3 is 10.1 Å². The van der Waals surface area contributed by atoms with Gasteiger partial charge in [-0.15, -0.1) is 5.10 Å². The van der Waals surface area contributed by atoms with E-state index in [4.69, 9.17) is 4.74 Å². The molecule has 2 aromatic heterocycles. The molecule has 164 valence electrons. The molecule has 0 fully saturated rings. The van der Waals surface area contributed by atoms with Crippen LogP contribution in [0.15, 0.2) is 23.4 Å². The number of fused-ring (bicyclic) bond motifs is 1. The van der Waals surface area contributed by atoms with Gasteiger partial charge in [0.05, 0.1) is 6.42 Å². The summed E-state index contributed by atoms with van der Waals surface area (Å²) in [6.45, 7) is 7.43. The van der Waals surface area contributed by atoms with Gasteiger partial charge in [-0.25, -0.2) is 9.50 Å². The Bertz CT molecular complexity index is 1100. The smallest absolute Gasteiger partial charge is 0.310 e. The van der Waals surface area contributed by atoms with E-state index >= 15 is 0 Å². The zero-order chi connectivity index (χ0) is 22.5. The second-order valence-electron chi connectivity index (χ2n) is 7.12. The molecule has 0 saturated carbocycles. The molecule has 9 heteroatoms. The van der Waals surface area contributed by atoms with Crippen molar-refractivity contribution in [2.75, 3.05) is 18.2 Å². The van der Waals surface area contributed by atoms with E-state index in [0.717, 1.165) is 40.9 Å². The van der Waals surface area contributed by atoms with Gasteiger partial charge in [0.1, 0.15) is 0 Å². The number of aromatic nitrogens is 4. The number of benzene rings is 1. The molecule has 0 atom stereocenters. The van der Waals surface area contributed by atoms with Crippen LogP contribution < -0.4 is 5.32 Å². The van der Waals surface area contributed by atoms with Crippen molar-refractivity contribution < 1.29 is 14.3 Å². The molecular formula is C22H27N5O3S. The molecule has 1 amide bonds. The zero-order valence-electron chi connectivity index (χ0n) is 18.5. The van der Waals surface area contributed by atoms with Crippen LogP contribution in [0.2, 0.25) is 0 Å². The van der Waals surface area contributed by atoms with Crippen molar-refractivity contribution in [2.45, 2.75) is 52.1 Å². The molecule has 0 bridgehead atoms. The minimum absolute atomic E-state index is 0.00804. The molecule has 3 rings (SSSR count). The maximum Gasteiger partial charge on any atom is 0.310 e. The van der Waals surface area contributed by atoms with Crippen LogP contribution in [0.5, 0.6) is 0 Å². The zero-order valence-corrected chi connectivity index (χ0v) is 19.3. The van der Waals surface area contributed by atoms with Crippen LogP contribution in [-0.2, 0) is 33.6 Å². The molecule has 2 heterocycles. The molecule has 8 nitrogen and oxygen atoms in total. The predicted molar refractivity (Wildman–Crippen MR) is 121 cm³/mol. The highest BCUT2D eigenvalue weighted by molar-refractivity contribution is 7.98. The summed E-state index contributed by atoms with van der Waals surface area (Å²) < 4.78 is 6.87. The van der Waals surface area contributed by atoms with Gasteiger partial charge in [0.25, 0.3) is 11.7 Å². The summed E-state index contributed by atoms with van der Waals surface area (Å²) in [5.74, 6) is -0.351. The van der Waals surface area contributed by atoms with Gasteiger partial charge in [-0.3, -0.25) is 9.59 Å². The third-order valence-corrected chi connectivity index (χ3v) is 5.70. The Balaban J connectivity index is 1.66. The number of para-hydroxylation sites is 1. The minimum Gasteiger partial charge on any atom is -0.455 e. The predicted octanol–water partition coefficient (Wildman–Crippen LogP) is 3.31. The fraction of sp³-hybridized carbons (Fsp3) is 0.409. The van der Waals surface area contributed by atoms with E-state index in [1.54, 1.807) is 4.52 Å². The topological polar surface area (TPSA) is 98.5 Å². The second-order valence-corrected chi connectivity index (χ2v) is 7.89. The number of ether oxygens (including phenoxy) is 1. The van der Waals surface area contributed by atoms with Crippen molar-refractivity contribution in [3.8, 4) is 0 Å². The number of anilines is 1. The van der Waals surface area contributed by atoms with Crippen LogP contribution >= 0.6 is 11.8 Å². The van der Waals surface area contributed by atoms with Crippen LogP contribution in [0.25, 0.3) is 5.78 Å². The van der Waals surface area contributed by atoms with Crippen molar-refractivity contribution in [3.63, 3.8) is 0 Å². The number of amides is 1. The summed E-state index contributed by atoms with van der Waals surface area (Å²) in [5, 5.41) is 7.90. The minimum atomic E-state index is -0.493. The highest BCUT2D eigenvalue weighted by Gasteiger charge is 2.18. The van der Waals surface area contributed by atoms with Gasteiger partial charge in [0, 0.05) is 22.6 Å². The fourth-order valence-electron chi connectivity index (χ4n) is 3.45. The molecule has 0 aliphatic rings. The summed E-state index contributed by atoms with van der Waals surface area (Å²) in [6.07, 6.45) is 3.51. The number of rotatable bonds is 8. The number of nitrogens with one attached hydrogen (secondary N) is 1. The number of nitrogens with zero attached hydrogens (tertiary/aromatic N) is 4. The standard InChI is InChI=1S/C22H27N5O3S/c1-6-15-9-8-10-16(7-2)20(15)24-18(28)12-30-19(29)11-17-13(3)23-21-25-22(31-5)26-27(21)14(17)4/h8-10H,6-7,11-12H2,1-5H3,(H,24,28). The molecule has 3 aromatic rings. The lowest BCUT2D eigenvalue weighted by Crippen LogP contribution is -2.23. The van der Waals surface area contributed by atoms with Crippen LogP contribution in [0.1, 0.15) is 41.9 Å². The summed E-state index contributed by atoms with van der Waals surface area (Å²) in [5.41, 5.74) is 5.12. The van der Waals surface area contributed by atoms with Crippen molar-refractivity contribution in [1.82, 2.24) is 19.6 Å². The molecule has 0 saturated heterocycles. The Kier molecular flexibility index (Phi) is 7.27. The average molecular weight is 442 g/mol. The van der Waals surface area contributed by atoms with Crippen molar-refractivity contribution >= 4 is 35.1 Å². The molecule has 0 unspecified atom stereocenters. The van der Waals surface area contributed by atoms with Gasteiger partial charge in [-0.05, 0) is 44.1 Å². The van der Waals surface area contributed by atoms with Gasteiger partial charge in [-0.1, -0.05) is 43.8 Å². The van der Waals surface area contributed by atoms with E-state index in [9.17, 15) is 9.59 Å². The van der Waals surface area contributed by atoms with Gasteiger partial charge >= 0.3 is 5.97 Å². The van der Waals surface area contributed by atoms with Crippen LogP contribution in [-0.4, -0.2) is 44.3 Å². The van der Waals surface area contributed by atoms with Crippen LogP contribution in [0.4, 0.5) is 5.69 Å². The summed E-state index contributed by atoms with van der Waals surface area (Å²) in [7, 11) is 0. The largest absolute Gasteiger partial charge is 0.455 e. The first-order valence-corrected chi connectivity index (χ1v) is 11.4. The third kappa shape index (κ3) is 5.04. The molecule has 0 aliphatic carbocycles. The number of aryl methyl sites for hydroxylation is 4. The van der Waals surface area contributed by atoms with Gasteiger partial charge in [0.15, 0.2) is 6.61 Å². The Hall–Kier alpha value is -2.94. The van der Waals surface area contributed by atoms with Crippen molar-refractivity contribution in [2.24, 2.45) is 0 Å². The molecule has 1 aromatic carbocycles. The highest BCUT2D eigenvalue weighted by atomic mass is 32.2. The molecule has 31 heavy (non-hydrogen) atoms. The monoisotopic (exact) mass is 441 g/mol. The Morgan fingerprint density at radius 2 is 1.81 bits per heavy atom. The van der Waals surface area contributed by atoms with Gasteiger partial charge in [0.2, 0.25) is 5.16 Å². The summed E-state index contributed by atoms with van der Waals surface area (Å²) >= 11 is 1.43. The number of thioether (sulfide) groups is 1. The average Bonchev–Trinajstić information content (AvgIpc) is 3.18. The lowest BCUT2D eigenvalue weighted by molar-refractivity contribution is -0.146. The van der Waals surface area contributed by atoms with Gasteiger partial charge in [-0.2, -0.15) is 4.98 Å². The number of carbonyl (C=O) groups is 2. The highest BCUT2D eigenvalue weighted by Crippen LogP contribution is 2.22. The molecule has 0 aliphatic heterocycles. The molecule has 1 N–H and O–H groups in total. The maximum absolute atomic E-state index is 12.4. The van der Waals surface area contributed by atoms with E-state index in [-0.39, 0.29) is 18.9 Å². The fourth-order valence-corrected chi connectivity index (χ4v) is 3.79. The van der Waals surface area contributed by atoms with E-state index in [2.05, 4.69) is 20.4 Å². The number of hydrogen-bond acceptors (Lipinski definition) is 7. The molecule has 0 spiro atoms. The van der Waals surface area contributed by atoms with E-state index in [1.807, 2.05) is 52.1 Å².